The van der Waals surface area contributed by atoms with Gasteiger partial charge in [0.2, 0.25) is 5.82 Å². The summed E-state index contributed by atoms with van der Waals surface area (Å²) in [4.78, 5) is 33.6. The molecule has 230 valence electrons. The summed E-state index contributed by atoms with van der Waals surface area (Å²) < 4.78 is 25.9. The number of rotatable bonds is 6. The first-order valence-corrected chi connectivity index (χ1v) is 15.2. The molecule has 1 aliphatic rings. The minimum Gasteiger partial charge on any atom is -0.496 e. The van der Waals surface area contributed by atoms with Gasteiger partial charge in [0.15, 0.2) is 0 Å². The van der Waals surface area contributed by atoms with Gasteiger partial charge in [0, 0.05) is 58.8 Å². The molecule has 1 fully saturated rings. The van der Waals surface area contributed by atoms with E-state index in [1.807, 2.05) is 26.0 Å². The second kappa shape index (κ2) is 11.2. The van der Waals surface area contributed by atoms with E-state index < -0.39 is 5.82 Å². The highest BCUT2D eigenvalue weighted by Crippen LogP contribution is 2.42. The molecule has 45 heavy (non-hydrogen) atoms. The number of ether oxygens (including phenoxy) is 1. The lowest BCUT2D eigenvalue weighted by molar-refractivity contribution is 0.0890. The van der Waals surface area contributed by atoms with Crippen molar-refractivity contribution in [3.63, 3.8) is 0 Å². The lowest BCUT2D eigenvalue weighted by Gasteiger charge is -2.34. The zero-order chi connectivity index (χ0) is 31.4. The number of hydrogen-bond donors (Lipinski definition) is 2. The molecule has 1 aliphatic heterocycles. The van der Waals surface area contributed by atoms with Crippen LogP contribution < -0.4 is 10.1 Å². The van der Waals surface area contributed by atoms with Crippen molar-refractivity contribution in [1.82, 2.24) is 35.3 Å². The van der Waals surface area contributed by atoms with Crippen LogP contribution in [0.4, 0.5) is 4.39 Å². The number of pyridine rings is 1. The van der Waals surface area contributed by atoms with Crippen molar-refractivity contribution in [3.8, 4) is 28.1 Å². The number of methoxy groups -OCH3 is 1. The third-order valence-corrected chi connectivity index (χ3v) is 8.83. The molecule has 6 aromatic rings. The number of piperidine rings is 1. The van der Waals surface area contributed by atoms with Gasteiger partial charge in [0.25, 0.3) is 5.91 Å². The van der Waals surface area contributed by atoms with Gasteiger partial charge >= 0.3 is 0 Å². The van der Waals surface area contributed by atoms with Crippen molar-refractivity contribution in [1.29, 1.82) is 0 Å². The van der Waals surface area contributed by atoms with E-state index in [-0.39, 0.29) is 17.8 Å². The molecule has 10 nitrogen and oxygen atoms in total. The fourth-order valence-corrected chi connectivity index (χ4v) is 6.49. The maximum absolute atomic E-state index is 14.6. The number of carbonyl (C=O) groups is 1. The molecule has 0 bridgehead atoms. The Morgan fingerprint density at radius 1 is 1.09 bits per heavy atom. The summed E-state index contributed by atoms with van der Waals surface area (Å²) in [5, 5.41) is 9.35. The van der Waals surface area contributed by atoms with Gasteiger partial charge in [0.05, 0.1) is 35.0 Å². The second-order valence-corrected chi connectivity index (χ2v) is 11.9. The Morgan fingerprint density at radius 3 is 2.60 bits per heavy atom. The predicted molar refractivity (Wildman–Crippen MR) is 171 cm³/mol. The first kappa shape index (κ1) is 28.8. The van der Waals surface area contributed by atoms with Crippen molar-refractivity contribution in [3.05, 3.63) is 65.7 Å². The number of nitrogens with one attached hydrogen (secondary N) is 2. The van der Waals surface area contributed by atoms with Crippen molar-refractivity contribution in [2.75, 3.05) is 20.2 Å². The van der Waals surface area contributed by atoms with Gasteiger partial charge in [-0.1, -0.05) is 5.16 Å². The van der Waals surface area contributed by atoms with Gasteiger partial charge in [-0.05, 0) is 76.9 Å². The van der Waals surface area contributed by atoms with E-state index in [9.17, 15) is 9.18 Å². The molecule has 0 unspecified atom stereocenters. The third kappa shape index (κ3) is 5.06. The largest absolute Gasteiger partial charge is 0.496 e. The second-order valence-electron chi connectivity index (χ2n) is 11.9. The molecule has 11 heteroatoms. The van der Waals surface area contributed by atoms with Gasteiger partial charge in [-0.2, -0.15) is 0 Å². The van der Waals surface area contributed by atoms with Crippen LogP contribution in [-0.2, 0) is 0 Å². The van der Waals surface area contributed by atoms with Crippen molar-refractivity contribution >= 4 is 38.7 Å². The number of likely N-dealkylation sites (tertiary alicyclic amines) is 1. The van der Waals surface area contributed by atoms with E-state index in [4.69, 9.17) is 19.2 Å². The van der Waals surface area contributed by atoms with Gasteiger partial charge < -0.3 is 24.5 Å². The number of aromatic nitrogens is 5. The van der Waals surface area contributed by atoms with Gasteiger partial charge in [-0.25, -0.2) is 14.4 Å². The fraction of sp³-hybridized carbons (Fsp3) is 0.324. The molecule has 0 atom stereocenters. The Kier molecular flexibility index (Phi) is 7.20. The Labute approximate surface area is 259 Å². The lowest BCUT2D eigenvalue weighted by Crippen LogP contribution is -2.46. The van der Waals surface area contributed by atoms with Gasteiger partial charge in [0.1, 0.15) is 23.0 Å². The van der Waals surface area contributed by atoms with E-state index in [1.54, 1.807) is 25.4 Å². The third-order valence-electron chi connectivity index (χ3n) is 8.83. The number of aromatic amines is 1. The highest BCUT2D eigenvalue weighted by atomic mass is 19.1. The Balaban J connectivity index is 1.42. The van der Waals surface area contributed by atoms with Gasteiger partial charge in [-0.3, -0.25) is 9.78 Å². The highest BCUT2D eigenvalue weighted by Gasteiger charge is 2.26. The van der Waals surface area contributed by atoms with Crippen LogP contribution in [0.15, 0.2) is 47.1 Å². The highest BCUT2D eigenvalue weighted by molar-refractivity contribution is 6.16. The number of amides is 1. The Bertz CT molecular complexity index is 2070. The molecule has 5 heterocycles. The molecule has 1 saturated heterocycles. The average Bonchev–Trinajstić information content (AvgIpc) is 3.57. The number of nitrogens with zero attached hydrogens (tertiary/aromatic N) is 5. The summed E-state index contributed by atoms with van der Waals surface area (Å²) in [5.74, 6) is 0.583. The first-order valence-electron chi connectivity index (χ1n) is 15.2. The van der Waals surface area contributed by atoms with Crippen LogP contribution in [0.5, 0.6) is 5.75 Å². The summed E-state index contributed by atoms with van der Waals surface area (Å²) in [6.45, 7) is 9.95. The van der Waals surface area contributed by atoms with Crippen LogP contribution in [0.25, 0.3) is 55.2 Å². The number of aryl methyl sites for hydroxylation is 2. The quantitative estimate of drug-likeness (QED) is 0.225. The van der Waals surface area contributed by atoms with E-state index in [0.717, 1.165) is 53.7 Å². The number of fused-ring (bicyclic) bond motifs is 4. The van der Waals surface area contributed by atoms with Crippen LogP contribution in [-0.4, -0.2) is 68.2 Å². The molecule has 0 radical (unpaired) electrons. The SMILES string of the molecule is COc1cc2c(cc1-c1c(C)noc1C)[nH]c1nc(C(=O)NC3CCN(C(C)C)CC3)nc(-c3ccnc4ccc(F)cc34)c12. The minimum absolute atomic E-state index is 0.0238. The number of hydrogen-bond acceptors (Lipinski definition) is 8. The average molecular weight is 608 g/mol. The van der Waals surface area contributed by atoms with Crippen molar-refractivity contribution < 1.29 is 18.4 Å². The standard InChI is InChI=1S/C34H34FN7O3/c1-17(2)42-12-9-21(10-13-42)37-34(43)33-39-31(22-8-11-36-26-7-6-20(35)14-23(22)26)30-24-16-28(44-5)25(15-27(24)38-32(30)40-33)29-18(3)41-45-19(29)4/h6-8,11,14-17,21H,9-10,12-13H2,1-5H3,(H,37,43)(H,38,39,40). The molecule has 7 rings (SSSR count). The van der Waals surface area contributed by atoms with Crippen molar-refractivity contribution in [2.24, 2.45) is 0 Å². The lowest BCUT2D eigenvalue weighted by atomic mass is 9.99. The van der Waals surface area contributed by atoms with E-state index >= 15 is 0 Å². The molecule has 0 aliphatic carbocycles. The molecule has 4 aromatic heterocycles. The predicted octanol–water partition coefficient (Wildman–Crippen LogP) is 6.35. The molecule has 0 spiro atoms. The fourth-order valence-electron chi connectivity index (χ4n) is 6.49. The summed E-state index contributed by atoms with van der Waals surface area (Å²) >= 11 is 0. The molecule has 0 saturated carbocycles. The molecule has 2 N–H and O–H groups in total. The zero-order valence-electron chi connectivity index (χ0n) is 25.9. The molecule has 1 amide bonds. The maximum Gasteiger partial charge on any atom is 0.289 e. The Morgan fingerprint density at radius 2 is 1.89 bits per heavy atom. The smallest absolute Gasteiger partial charge is 0.289 e. The van der Waals surface area contributed by atoms with Crippen LogP contribution in [0, 0.1) is 19.7 Å². The number of carbonyl (C=O) groups excluding carboxylic acids is 1. The number of benzene rings is 2. The monoisotopic (exact) mass is 607 g/mol. The maximum atomic E-state index is 14.6. The van der Waals surface area contributed by atoms with E-state index in [1.165, 1.54) is 12.1 Å². The normalized spacial score (nSPS) is 14.6. The van der Waals surface area contributed by atoms with E-state index in [0.29, 0.717) is 50.7 Å². The van der Waals surface area contributed by atoms with Crippen LogP contribution in [0.2, 0.25) is 0 Å². The molecule has 2 aromatic carbocycles. The van der Waals surface area contributed by atoms with Crippen LogP contribution in [0.3, 0.4) is 0 Å². The number of H-pyrrole nitrogens is 1. The van der Waals surface area contributed by atoms with Crippen LogP contribution >= 0.6 is 0 Å². The molecular formula is C34H34FN7O3. The summed E-state index contributed by atoms with van der Waals surface area (Å²) in [6, 6.07) is 10.6. The summed E-state index contributed by atoms with van der Waals surface area (Å²) in [6.07, 6.45) is 3.37. The number of halogens is 1. The first-order chi connectivity index (χ1) is 21.7. The van der Waals surface area contributed by atoms with Crippen LogP contribution in [0.1, 0.15) is 48.8 Å². The zero-order valence-corrected chi connectivity index (χ0v) is 25.9. The van der Waals surface area contributed by atoms with E-state index in [2.05, 4.69) is 39.2 Å². The van der Waals surface area contributed by atoms with Gasteiger partial charge in [-0.15, -0.1) is 0 Å². The molecular weight excluding hydrogens is 573 g/mol. The topological polar surface area (TPSA) is 122 Å². The summed E-state index contributed by atoms with van der Waals surface area (Å²) in [5.41, 5.74) is 5.39. The minimum atomic E-state index is -0.391. The van der Waals surface area contributed by atoms with Crippen molar-refractivity contribution in [2.45, 2.75) is 52.6 Å². The Hall–Kier alpha value is -4.90. The summed E-state index contributed by atoms with van der Waals surface area (Å²) in [7, 11) is 1.61.